The van der Waals surface area contributed by atoms with Crippen LogP contribution in [-0.2, 0) is 16.6 Å². The first-order valence-corrected chi connectivity index (χ1v) is 10.7. The maximum atomic E-state index is 6.34. The number of nitrogens with zero attached hydrogens (tertiary/aromatic N) is 1. The highest BCUT2D eigenvalue weighted by molar-refractivity contribution is 6.32. The Bertz CT molecular complexity index is 917. The second-order valence-corrected chi connectivity index (χ2v) is 10.4. The fourth-order valence-electron chi connectivity index (χ4n) is 2.57. The average Bonchev–Trinajstić information content (AvgIpc) is 3.10. The van der Waals surface area contributed by atoms with E-state index in [9.17, 15) is 0 Å². The third-order valence-electron chi connectivity index (χ3n) is 5.35. The lowest BCUT2D eigenvalue weighted by atomic mass is 9.99. The summed E-state index contributed by atoms with van der Waals surface area (Å²) in [7, 11) is 0.420. The number of aromatic amines is 1. The molecule has 0 atom stereocenters. The van der Waals surface area contributed by atoms with Crippen LogP contribution in [-0.4, -0.2) is 19.7 Å². The molecule has 0 unspecified atom stereocenters. The summed E-state index contributed by atoms with van der Waals surface area (Å²) in [4.78, 5) is 7.95. The summed E-state index contributed by atoms with van der Waals surface area (Å²) in [5.74, 6) is 1.33. The number of nitrogens with one attached hydrogen (secondary N) is 1. The van der Waals surface area contributed by atoms with Crippen LogP contribution in [0, 0.1) is 5.92 Å². The van der Waals surface area contributed by atoms with Crippen molar-refractivity contribution in [3.63, 3.8) is 0 Å². The third kappa shape index (κ3) is 4.83. The van der Waals surface area contributed by atoms with Crippen LogP contribution < -0.4 is 4.74 Å². The Morgan fingerprint density at radius 3 is 2.46 bits per heavy atom. The van der Waals surface area contributed by atoms with Gasteiger partial charge in [-0.05, 0) is 42.5 Å². The van der Waals surface area contributed by atoms with Crippen molar-refractivity contribution in [2.24, 2.45) is 5.92 Å². The van der Waals surface area contributed by atoms with Crippen LogP contribution in [0.4, 0.5) is 0 Å². The molecule has 1 aromatic carbocycles. The molecule has 148 valence electrons. The van der Waals surface area contributed by atoms with Gasteiger partial charge in [0.2, 0.25) is 9.76 Å². The van der Waals surface area contributed by atoms with Crippen molar-refractivity contribution in [1.82, 2.24) is 9.97 Å². The molecule has 0 saturated heterocycles. The number of rotatable bonds is 8. The lowest BCUT2D eigenvalue weighted by molar-refractivity contribution is 0.102. The highest BCUT2D eigenvalue weighted by atomic mass is 28.2. The van der Waals surface area contributed by atoms with Gasteiger partial charge in [-0.25, -0.2) is 4.98 Å². The zero-order valence-electron chi connectivity index (χ0n) is 17.7. The molecule has 2 heterocycles. The van der Waals surface area contributed by atoms with Crippen LogP contribution in [0.25, 0.3) is 11.0 Å². The summed E-state index contributed by atoms with van der Waals surface area (Å²) in [6, 6.07) is 14.3. The van der Waals surface area contributed by atoms with Crippen LogP contribution in [0.2, 0.25) is 5.04 Å². The number of benzene rings is 1. The Morgan fingerprint density at radius 2 is 1.79 bits per heavy atom. The van der Waals surface area contributed by atoms with E-state index in [1.165, 1.54) is 0 Å². The normalized spacial score (nSPS) is 12.7. The number of fused-ring (bicyclic) bond motifs is 1. The maximum absolute atomic E-state index is 6.34. The second-order valence-electron chi connectivity index (χ2n) is 8.66. The Balaban J connectivity index is 1.72. The van der Waals surface area contributed by atoms with Gasteiger partial charge in [0.15, 0.2) is 0 Å². The Kier molecular flexibility index (Phi) is 5.96. The van der Waals surface area contributed by atoms with E-state index in [1.54, 1.807) is 6.20 Å². The first kappa shape index (κ1) is 20.6. The summed E-state index contributed by atoms with van der Waals surface area (Å²) in [5, 5.41) is 1.18. The number of hydrogen-bond donors (Lipinski definition) is 1. The quantitative estimate of drug-likeness (QED) is 0.486. The first-order valence-electron chi connectivity index (χ1n) is 9.78. The molecule has 28 heavy (non-hydrogen) atoms. The van der Waals surface area contributed by atoms with Crippen molar-refractivity contribution in [2.75, 3.05) is 0 Å². The monoisotopic (exact) mass is 394 g/mol. The summed E-state index contributed by atoms with van der Waals surface area (Å²) >= 11 is 0. The fourth-order valence-corrected chi connectivity index (χ4v) is 3.44. The average molecular weight is 395 g/mol. The molecule has 4 nitrogen and oxygen atoms in total. The van der Waals surface area contributed by atoms with Gasteiger partial charge in [0, 0.05) is 11.1 Å². The zero-order chi connectivity index (χ0) is 20.4. The minimum atomic E-state index is -0.406. The van der Waals surface area contributed by atoms with Crippen LogP contribution in [0.1, 0.15) is 52.8 Å². The van der Waals surface area contributed by atoms with Gasteiger partial charge < -0.3 is 14.1 Å². The summed E-state index contributed by atoms with van der Waals surface area (Å²) in [6.45, 7) is 13.7. The van der Waals surface area contributed by atoms with Gasteiger partial charge in [0.1, 0.15) is 18.0 Å². The minimum absolute atomic E-state index is 0.153. The summed E-state index contributed by atoms with van der Waals surface area (Å²) < 4.78 is 12.3. The molecular weight excluding hydrogens is 364 g/mol. The van der Waals surface area contributed by atoms with E-state index < -0.39 is 5.60 Å². The molecule has 0 saturated carbocycles. The van der Waals surface area contributed by atoms with Gasteiger partial charge in [0.05, 0.1) is 11.8 Å². The Hall–Kier alpha value is -2.11. The van der Waals surface area contributed by atoms with E-state index in [4.69, 9.17) is 9.16 Å². The molecule has 2 aromatic heterocycles. The largest absolute Gasteiger partial charge is 0.487 e. The van der Waals surface area contributed by atoms with Gasteiger partial charge in [-0.15, -0.1) is 0 Å². The van der Waals surface area contributed by atoms with Crippen LogP contribution in [0.5, 0.6) is 5.75 Å². The smallest absolute Gasteiger partial charge is 0.237 e. The van der Waals surface area contributed by atoms with E-state index in [0.29, 0.717) is 22.3 Å². The highest BCUT2D eigenvalue weighted by Gasteiger charge is 2.31. The standard InChI is InChI=1S/C23H30N2O2Si/c1-16(2)23(5,6)28-27-22(3,4)20-13-18-12-19(14-24-21(18)25-20)26-15-17-10-8-7-9-11-17/h7-14,16H,15H2,1-6H3,(H,24,25). The van der Waals surface area contributed by atoms with Crippen LogP contribution in [0.3, 0.4) is 0 Å². The van der Waals surface area contributed by atoms with Crippen molar-refractivity contribution < 1.29 is 9.16 Å². The van der Waals surface area contributed by atoms with Gasteiger partial charge in [0.25, 0.3) is 0 Å². The lowest BCUT2D eigenvalue weighted by Crippen LogP contribution is -2.31. The molecule has 1 N–H and O–H groups in total. The van der Waals surface area contributed by atoms with Gasteiger partial charge in [-0.1, -0.05) is 58.0 Å². The molecule has 0 aliphatic rings. The molecule has 0 fully saturated rings. The van der Waals surface area contributed by atoms with E-state index in [0.717, 1.165) is 28.0 Å². The topological polar surface area (TPSA) is 47.1 Å². The molecule has 5 heteroatoms. The molecule has 0 spiro atoms. The second kappa shape index (κ2) is 8.09. The number of aromatic nitrogens is 2. The van der Waals surface area contributed by atoms with Crippen molar-refractivity contribution in [2.45, 2.75) is 58.8 Å². The van der Waals surface area contributed by atoms with Crippen molar-refractivity contribution in [3.05, 3.63) is 59.9 Å². The number of H-pyrrole nitrogens is 1. The van der Waals surface area contributed by atoms with E-state index >= 15 is 0 Å². The summed E-state index contributed by atoms with van der Waals surface area (Å²) in [5.41, 5.74) is 2.62. The molecular formula is C23H30N2O2Si. The lowest BCUT2D eigenvalue weighted by Gasteiger charge is -2.32. The van der Waals surface area contributed by atoms with Crippen molar-refractivity contribution >= 4 is 20.8 Å². The number of hydrogen-bond acceptors (Lipinski definition) is 3. The molecule has 0 bridgehead atoms. The molecule has 3 aromatic rings. The SMILES string of the molecule is CC(C)C(C)(C)[Si]OC(C)(C)c1cc2cc(OCc3ccccc3)cnc2[nH]1. The zero-order valence-corrected chi connectivity index (χ0v) is 18.7. The van der Waals surface area contributed by atoms with Crippen molar-refractivity contribution in [1.29, 1.82) is 0 Å². The molecule has 3 rings (SSSR count). The van der Waals surface area contributed by atoms with Crippen LogP contribution in [0.15, 0.2) is 48.7 Å². The Labute approximate surface area is 170 Å². The number of pyridine rings is 1. The van der Waals surface area contributed by atoms with E-state index in [-0.39, 0.29) is 5.04 Å². The van der Waals surface area contributed by atoms with Crippen LogP contribution >= 0.6 is 0 Å². The third-order valence-corrected chi connectivity index (χ3v) is 7.07. The minimum Gasteiger partial charge on any atom is -0.487 e. The van der Waals surface area contributed by atoms with E-state index in [2.05, 4.69) is 69.7 Å². The predicted octanol–water partition coefficient (Wildman–Crippen LogP) is 5.87. The Morgan fingerprint density at radius 1 is 1.07 bits per heavy atom. The molecule has 0 amide bonds. The highest BCUT2D eigenvalue weighted by Crippen LogP contribution is 2.36. The predicted molar refractivity (Wildman–Crippen MR) is 116 cm³/mol. The fraction of sp³-hybridized carbons (Fsp3) is 0.435. The molecule has 2 radical (unpaired) electrons. The summed E-state index contributed by atoms with van der Waals surface area (Å²) in [6.07, 6.45) is 1.77. The van der Waals surface area contributed by atoms with Gasteiger partial charge >= 0.3 is 0 Å². The van der Waals surface area contributed by atoms with Crippen molar-refractivity contribution in [3.8, 4) is 5.75 Å². The van der Waals surface area contributed by atoms with Gasteiger partial charge in [-0.2, -0.15) is 0 Å². The number of ether oxygens (including phenoxy) is 1. The molecule has 0 aliphatic carbocycles. The first-order chi connectivity index (χ1) is 13.2. The maximum Gasteiger partial charge on any atom is 0.237 e. The van der Waals surface area contributed by atoms with Gasteiger partial charge in [-0.3, -0.25) is 0 Å². The molecule has 0 aliphatic heterocycles. The van der Waals surface area contributed by atoms with E-state index in [1.807, 2.05) is 24.3 Å².